The largest absolute Gasteiger partial charge is 0.385 e. The molecule has 0 unspecified atom stereocenters. The average Bonchev–Trinajstić information content (AvgIpc) is 3.17. The Kier molecular flexibility index (Phi) is 4.99. The third-order valence-corrected chi connectivity index (χ3v) is 5.56. The molecule has 0 radical (unpaired) electrons. The molecule has 3 N–H and O–H groups in total. The smallest absolute Gasteiger partial charge is 0.219 e. The number of aromatic nitrogens is 1. The summed E-state index contributed by atoms with van der Waals surface area (Å²) in [6.45, 7) is 4.34. The second-order valence-corrected chi connectivity index (χ2v) is 7.30. The van der Waals surface area contributed by atoms with Gasteiger partial charge in [0, 0.05) is 79.6 Å². The Labute approximate surface area is 159 Å². The molecule has 6 nitrogen and oxygen atoms in total. The molecule has 142 valence electrons. The van der Waals surface area contributed by atoms with Gasteiger partial charge in [-0.15, -0.1) is 0 Å². The summed E-state index contributed by atoms with van der Waals surface area (Å²) >= 11 is 0. The van der Waals surface area contributed by atoms with E-state index in [1.54, 1.807) is 6.92 Å². The second-order valence-electron chi connectivity index (χ2n) is 7.30. The molecule has 2 aliphatic heterocycles. The monoisotopic (exact) mass is 366 g/mol. The minimum Gasteiger partial charge on any atom is -0.385 e. The van der Waals surface area contributed by atoms with Crippen LogP contribution >= 0.6 is 0 Å². The highest BCUT2D eigenvalue weighted by Gasteiger charge is 2.26. The van der Waals surface area contributed by atoms with Gasteiger partial charge >= 0.3 is 0 Å². The first kappa shape index (κ1) is 17.8. The van der Waals surface area contributed by atoms with E-state index in [9.17, 15) is 4.79 Å². The van der Waals surface area contributed by atoms with Crippen LogP contribution in [0.25, 0.3) is 10.9 Å². The van der Waals surface area contributed by atoms with Gasteiger partial charge in [-0.05, 0) is 25.0 Å². The number of hydrogen-bond donors (Lipinski definition) is 3. The molecular formula is C21H26N4O2. The van der Waals surface area contributed by atoms with Crippen molar-refractivity contribution in [1.82, 2.24) is 15.2 Å². The fraction of sp³-hybridized carbons (Fsp3) is 0.429. The number of nitrogens with zero attached hydrogens (tertiary/aromatic N) is 1. The number of carbonyl (C=O) groups is 1. The van der Waals surface area contributed by atoms with Crippen molar-refractivity contribution in [1.29, 1.82) is 5.41 Å². The lowest BCUT2D eigenvalue weighted by atomic mass is 9.93. The quantitative estimate of drug-likeness (QED) is 0.728. The molecule has 0 spiro atoms. The van der Waals surface area contributed by atoms with Crippen LogP contribution in [0.4, 0.5) is 0 Å². The molecule has 3 heterocycles. The number of rotatable bonds is 4. The maximum absolute atomic E-state index is 12.0. The molecule has 1 amide bonds. The van der Waals surface area contributed by atoms with E-state index in [-0.39, 0.29) is 5.91 Å². The molecule has 27 heavy (non-hydrogen) atoms. The summed E-state index contributed by atoms with van der Waals surface area (Å²) in [5, 5.41) is 13.7. The molecule has 0 saturated carbocycles. The van der Waals surface area contributed by atoms with E-state index in [0.29, 0.717) is 24.8 Å². The Bertz CT molecular complexity index is 892. The third kappa shape index (κ3) is 3.62. The number of hydrogen-bond acceptors (Lipinski definition) is 4. The highest BCUT2D eigenvalue weighted by molar-refractivity contribution is 6.18. The molecule has 0 aliphatic carbocycles. The van der Waals surface area contributed by atoms with Crippen LogP contribution in [-0.2, 0) is 9.53 Å². The molecule has 2 aromatic rings. The van der Waals surface area contributed by atoms with Crippen molar-refractivity contribution in [2.24, 2.45) is 0 Å². The minimum atomic E-state index is 0.0604. The van der Waals surface area contributed by atoms with Gasteiger partial charge in [-0.2, -0.15) is 0 Å². The molecule has 1 saturated heterocycles. The van der Waals surface area contributed by atoms with Crippen molar-refractivity contribution in [3.8, 4) is 0 Å². The van der Waals surface area contributed by atoms with Crippen molar-refractivity contribution in [3.63, 3.8) is 0 Å². The first-order valence-electron chi connectivity index (χ1n) is 9.60. The zero-order valence-corrected chi connectivity index (χ0v) is 15.7. The molecule has 0 bridgehead atoms. The lowest BCUT2D eigenvalue weighted by Crippen LogP contribution is -2.43. The van der Waals surface area contributed by atoms with Crippen LogP contribution in [0.5, 0.6) is 0 Å². The van der Waals surface area contributed by atoms with Gasteiger partial charge in [-0.1, -0.05) is 12.1 Å². The van der Waals surface area contributed by atoms with E-state index in [4.69, 9.17) is 10.1 Å². The lowest BCUT2D eigenvalue weighted by Gasteiger charge is -2.34. The van der Waals surface area contributed by atoms with Crippen molar-refractivity contribution >= 4 is 22.5 Å². The Hall–Kier alpha value is -2.60. The number of benzene rings is 1. The summed E-state index contributed by atoms with van der Waals surface area (Å²) < 4.78 is 5.47. The maximum atomic E-state index is 12.0. The van der Waals surface area contributed by atoms with Crippen molar-refractivity contribution < 1.29 is 9.53 Å². The van der Waals surface area contributed by atoms with Gasteiger partial charge in [0.15, 0.2) is 0 Å². The number of nitrogens with one attached hydrogen (secondary N) is 3. The first-order chi connectivity index (χ1) is 13.1. The molecule has 1 fully saturated rings. The SMILES string of the molecule is CC(=O)N1CCC(NC2CCOCC2)=C(C(=N)c2cccc3[nH]ccc23)C1. The molecule has 6 heteroatoms. The standard InChI is InChI=1S/C21H26N4O2/c1-14(26)25-10-6-20(24-15-7-11-27-12-8-15)18(13-25)21(22)17-3-2-4-19-16(17)5-9-23-19/h2-5,9,15,22-24H,6-8,10-13H2,1H3. The van der Waals surface area contributed by atoms with Gasteiger partial charge in [0.25, 0.3) is 0 Å². The first-order valence-corrected chi connectivity index (χ1v) is 9.60. The van der Waals surface area contributed by atoms with Crippen molar-refractivity contribution in [2.45, 2.75) is 32.2 Å². The molecule has 1 aromatic carbocycles. The average molecular weight is 366 g/mol. The zero-order valence-electron chi connectivity index (χ0n) is 15.7. The normalized spacial score (nSPS) is 18.8. The van der Waals surface area contributed by atoms with Gasteiger partial charge in [0.1, 0.15) is 0 Å². The number of ether oxygens (including phenoxy) is 1. The summed E-state index contributed by atoms with van der Waals surface area (Å²) in [4.78, 5) is 17.0. The van der Waals surface area contributed by atoms with Gasteiger partial charge in [0.05, 0.1) is 5.71 Å². The Morgan fingerprint density at radius 3 is 2.89 bits per heavy atom. The van der Waals surface area contributed by atoms with Gasteiger partial charge in [-0.25, -0.2) is 0 Å². The minimum absolute atomic E-state index is 0.0604. The third-order valence-electron chi connectivity index (χ3n) is 5.56. The predicted octanol–water partition coefficient (Wildman–Crippen LogP) is 2.81. The van der Waals surface area contributed by atoms with Crippen LogP contribution < -0.4 is 5.32 Å². The number of amides is 1. The van der Waals surface area contributed by atoms with Crippen LogP contribution in [0.3, 0.4) is 0 Å². The summed E-state index contributed by atoms with van der Waals surface area (Å²) in [6, 6.07) is 8.37. The van der Waals surface area contributed by atoms with Crippen LogP contribution in [0.15, 0.2) is 41.7 Å². The summed E-state index contributed by atoms with van der Waals surface area (Å²) in [6.07, 6.45) is 4.62. The fourth-order valence-electron chi connectivity index (χ4n) is 3.98. The van der Waals surface area contributed by atoms with Crippen molar-refractivity contribution in [2.75, 3.05) is 26.3 Å². The van der Waals surface area contributed by atoms with Gasteiger partial charge < -0.3 is 19.9 Å². The number of aromatic amines is 1. The van der Waals surface area contributed by atoms with Crippen LogP contribution in [-0.4, -0.2) is 53.8 Å². The predicted molar refractivity (Wildman–Crippen MR) is 106 cm³/mol. The van der Waals surface area contributed by atoms with E-state index in [1.165, 1.54) is 0 Å². The molecule has 4 rings (SSSR count). The van der Waals surface area contributed by atoms with Crippen LogP contribution in [0.2, 0.25) is 0 Å². The highest BCUT2D eigenvalue weighted by Crippen LogP contribution is 2.26. The summed E-state index contributed by atoms with van der Waals surface area (Å²) in [5.41, 5.74) is 4.46. The van der Waals surface area contributed by atoms with Crippen LogP contribution in [0, 0.1) is 5.41 Å². The Morgan fingerprint density at radius 1 is 1.30 bits per heavy atom. The van der Waals surface area contributed by atoms with E-state index in [0.717, 1.165) is 60.2 Å². The van der Waals surface area contributed by atoms with E-state index >= 15 is 0 Å². The Balaban J connectivity index is 1.69. The molecule has 1 aromatic heterocycles. The number of H-pyrrole nitrogens is 1. The Morgan fingerprint density at radius 2 is 2.11 bits per heavy atom. The molecule has 0 atom stereocenters. The van der Waals surface area contributed by atoms with E-state index in [2.05, 4.69) is 10.3 Å². The van der Waals surface area contributed by atoms with Gasteiger partial charge in [0.2, 0.25) is 5.91 Å². The van der Waals surface area contributed by atoms with Crippen LogP contribution in [0.1, 0.15) is 31.7 Å². The second kappa shape index (κ2) is 7.56. The van der Waals surface area contributed by atoms with Gasteiger partial charge in [-0.3, -0.25) is 10.2 Å². The van der Waals surface area contributed by atoms with Crippen molar-refractivity contribution in [3.05, 3.63) is 47.3 Å². The topological polar surface area (TPSA) is 81.2 Å². The zero-order chi connectivity index (χ0) is 18.8. The summed E-state index contributed by atoms with van der Waals surface area (Å²) in [5.74, 6) is 0.0604. The lowest BCUT2D eigenvalue weighted by molar-refractivity contribution is -0.128. The molecular weight excluding hydrogens is 340 g/mol. The van der Waals surface area contributed by atoms with E-state index < -0.39 is 0 Å². The number of carbonyl (C=O) groups excluding carboxylic acids is 1. The highest BCUT2D eigenvalue weighted by atomic mass is 16.5. The fourth-order valence-corrected chi connectivity index (χ4v) is 3.98. The van der Waals surface area contributed by atoms with E-state index in [1.807, 2.05) is 35.4 Å². The summed E-state index contributed by atoms with van der Waals surface area (Å²) in [7, 11) is 0. The molecule has 2 aliphatic rings. The number of fused-ring (bicyclic) bond motifs is 1. The maximum Gasteiger partial charge on any atom is 0.219 e.